The molecular formula is C16H23BrN2O. The van der Waals surface area contributed by atoms with Crippen molar-refractivity contribution in [2.45, 2.75) is 38.1 Å². The van der Waals surface area contributed by atoms with E-state index in [1.165, 1.54) is 12.0 Å². The molecule has 0 spiro atoms. The molecule has 0 aromatic heterocycles. The fraction of sp³-hybridized carbons (Fsp3) is 0.562. The van der Waals surface area contributed by atoms with E-state index < -0.39 is 0 Å². The summed E-state index contributed by atoms with van der Waals surface area (Å²) in [6.07, 6.45) is 2.85. The van der Waals surface area contributed by atoms with Crippen LogP contribution in [-0.2, 0) is 4.79 Å². The Morgan fingerprint density at radius 1 is 1.50 bits per heavy atom. The Balaban J connectivity index is 1.95. The first-order valence-corrected chi connectivity index (χ1v) is 8.10. The molecule has 2 rings (SSSR count). The van der Waals surface area contributed by atoms with Crippen LogP contribution >= 0.6 is 15.9 Å². The van der Waals surface area contributed by atoms with Gasteiger partial charge >= 0.3 is 0 Å². The molecule has 20 heavy (non-hydrogen) atoms. The highest BCUT2D eigenvalue weighted by molar-refractivity contribution is 9.10. The zero-order valence-electron chi connectivity index (χ0n) is 12.2. The van der Waals surface area contributed by atoms with E-state index in [0.717, 1.165) is 24.0 Å². The normalized spacial score (nSPS) is 20.8. The van der Waals surface area contributed by atoms with Gasteiger partial charge in [-0.3, -0.25) is 4.79 Å². The minimum absolute atomic E-state index is 0.244. The van der Waals surface area contributed by atoms with Gasteiger partial charge in [0.05, 0.1) is 0 Å². The van der Waals surface area contributed by atoms with E-state index >= 15 is 0 Å². The largest absolute Gasteiger partial charge is 0.341 e. The van der Waals surface area contributed by atoms with E-state index in [0.29, 0.717) is 12.5 Å². The van der Waals surface area contributed by atoms with Gasteiger partial charge in [0, 0.05) is 30.0 Å². The van der Waals surface area contributed by atoms with Crippen LogP contribution in [-0.4, -0.2) is 37.0 Å². The third kappa shape index (κ3) is 3.83. The van der Waals surface area contributed by atoms with Crippen molar-refractivity contribution < 1.29 is 4.79 Å². The van der Waals surface area contributed by atoms with Crippen molar-refractivity contribution in [2.75, 3.05) is 20.1 Å². The van der Waals surface area contributed by atoms with Crippen molar-refractivity contribution in [3.63, 3.8) is 0 Å². The number of rotatable bonds is 4. The summed E-state index contributed by atoms with van der Waals surface area (Å²) in [5.74, 6) is 0.515. The van der Waals surface area contributed by atoms with Gasteiger partial charge in [0.15, 0.2) is 0 Å². The fourth-order valence-corrected chi connectivity index (χ4v) is 3.49. The molecule has 4 heteroatoms. The zero-order chi connectivity index (χ0) is 14.5. The van der Waals surface area contributed by atoms with Crippen molar-refractivity contribution in [1.29, 1.82) is 0 Å². The lowest BCUT2D eigenvalue weighted by Gasteiger charge is -2.33. The Morgan fingerprint density at radius 2 is 2.25 bits per heavy atom. The summed E-state index contributed by atoms with van der Waals surface area (Å²) in [7, 11) is 1.97. The van der Waals surface area contributed by atoms with Gasteiger partial charge in [0.25, 0.3) is 0 Å². The predicted molar refractivity (Wildman–Crippen MR) is 85.8 cm³/mol. The summed E-state index contributed by atoms with van der Waals surface area (Å²) in [4.78, 5) is 14.4. The average Bonchev–Trinajstić information content (AvgIpc) is 2.47. The van der Waals surface area contributed by atoms with Crippen LogP contribution in [0.15, 0.2) is 28.7 Å². The topological polar surface area (TPSA) is 32.3 Å². The molecule has 1 aromatic carbocycles. The van der Waals surface area contributed by atoms with Crippen LogP contribution in [0.3, 0.4) is 0 Å². The molecule has 0 unspecified atom stereocenters. The van der Waals surface area contributed by atoms with Crippen molar-refractivity contribution in [3.8, 4) is 0 Å². The van der Waals surface area contributed by atoms with Gasteiger partial charge in [-0.05, 0) is 37.4 Å². The Kier molecular flexibility index (Phi) is 5.61. The molecule has 0 saturated carbocycles. The fourth-order valence-electron chi connectivity index (χ4n) is 2.82. The number of hydrogen-bond donors (Lipinski definition) is 1. The standard InChI is InChI=1S/C16H23BrN2O/c1-12(14-7-3-4-8-15(14)17)10-16(20)19-9-5-6-13(11-19)18-2/h3-4,7-8,12-13,18H,5-6,9-11H2,1-2H3/t12-,13+/m0/s1. The third-order valence-electron chi connectivity index (χ3n) is 4.10. The zero-order valence-corrected chi connectivity index (χ0v) is 13.8. The smallest absolute Gasteiger partial charge is 0.223 e. The summed E-state index contributed by atoms with van der Waals surface area (Å²) < 4.78 is 1.09. The van der Waals surface area contributed by atoms with Crippen LogP contribution in [0.1, 0.15) is 37.7 Å². The monoisotopic (exact) mass is 338 g/mol. The molecule has 1 aromatic rings. The second-order valence-corrected chi connectivity index (χ2v) is 6.45. The molecule has 2 atom stereocenters. The summed E-state index contributed by atoms with van der Waals surface area (Å²) >= 11 is 3.57. The average molecular weight is 339 g/mol. The first-order valence-electron chi connectivity index (χ1n) is 7.31. The van der Waals surface area contributed by atoms with Crippen LogP contribution in [0.5, 0.6) is 0 Å². The van der Waals surface area contributed by atoms with E-state index in [9.17, 15) is 4.79 Å². The van der Waals surface area contributed by atoms with Crippen LogP contribution in [0.25, 0.3) is 0 Å². The molecule has 0 radical (unpaired) electrons. The number of amides is 1. The molecular weight excluding hydrogens is 316 g/mol. The summed E-state index contributed by atoms with van der Waals surface area (Å²) in [6, 6.07) is 8.61. The van der Waals surface area contributed by atoms with E-state index in [1.54, 1.807) is 0 Å². The summed E-state index contributed by atoms with van der Waals surface area (Å²) in [6.45, 7) is 3.87. The third-order valence-corrected chi connectivity index (χ3v) is 4.82. The SMILES string of the molecule is CN[C@@H]1CCCN(C(=O)C[C@H](C)c2ccccc2Br)C1. The number of carbonyl (C=O) groups is 1. The Morgan fingerprint density at radius 3 is 2.95 bits per heavy atom. The lowest BCUT2D eigenvalue weighted by molar-refractivity contribution is -0.132. The number of hydrogen-bond acceptors (Lipinski definition) is 2. The van der Waals surface area contributed by atoms with Gasteiger partial charge in [0.2, 0.25) is 5.91 Å². The van der Waals surface area contributed by atoms with E-state index in [4.69, 9.17) is 0 Å². The maximum Gasteiger partial charge on any atom is 0.223 e. The summed E-state index contributed by atoms with van der Waals surface area (Å²) in [5.41, 5.74) is 1.21. The number of likely N-dealkylation sites (N-methyl/N-ethyl adjacent to an activating group) is 1. The number of likely N-dealkylation sites (tertiary alicyclic amines) is 1. The van der Waals surface area contributed by atoms with E-state index in [-0.39, 0.29) is 11.8 Å². The van der Waals surface area contributed by atoms with Crippen molar-refractivity contribution in [1.82, 2.24) is 10.2 Å². The highest BCUT2D eigenvalue weighted by Crippen LogP contribution is 2.27. The Hall–Kier alpha value is -0.870. The lowest BCUT2D eigenvalue weighted by Crippen LogP contribution is -2.47. The van der Waals surface area contributed by atoms with Crippen molar-refractivity contribution >= 4 is 21.8 Å². The number of nitrogens with zero attached hydrogens (tertiary/aromatic N) is 1. The molecule has 1 amide bonds. The van der Waals surface area contributed by atoms with E-state index in [2.05, 4.69) is 34.2 Å². The van der Waals surface area contributed by atoms with Gasteiger partial charge < -0.3 is 10.2 Å². The van der Waals surface area contributed by atoms with Crippen molar-refractivity contribution in [3.05, 3.63) is 34.3 Å². The van der Waals surface area contributed by atoms with E-state index in [1.807, 2.05) is 30.1 Å². The van der Waals surface area contributed by atoms with Crippen LogP contribution in [0.4, 0.5) is 0 Å². The number of benzene rings is 1. The second kappa shape index (κ2) is 7.23. The molecule has 1 aliphatic heterocycles. The highest BCUT2D eigenvalue weighted by atomic mass is 79.9. The number of halogens is 1. The maximum atomic E-state index is 12.4. The minimum atomic E-state index is 0.244. The number of nitrogens with one attached hydrogen (secondary N) is 1. The minimum Gasteiger partial charge on any atom is -0.341 e. The van der Waals surface area contributed by atoms with Crippen LogP contribution in [0.2, 0.25) is 0 Å². The molecule has 1 saturated heterocycles. The number of carbonyl (C=O) groups excluding carboxylic acids is 1. The van der Waals surface area contributed by atoms with Gasteiger partial charge in [-0.1, -0.05) is 41.1 Å². The molecule has 1 heterocycles. The van der Waals surface area contributed by atoms with Gasteiger partial charge in [-0.25, -0.2) is 0 Å². The molecule has 110 valence electrons. The van der Waals surface area contributed by atoms with Gasteiger partial charge in [-0.15, -0.1) is 0 Å². The molecule has 1 aliphatic rings. The van der Waals surface area contributed by atoms with Crippen LogP contribution in [0, 0.1) is 0 Å². The molecule has 0 aliphatic carbocycles. The number of piperidine rings is 1. The Labute approximate surface area is 129 Å². The molecule has 3 nitrogen and oxygen atoms in total. The predicted octanol–water partition coefficient (Wildman–Crippen LogP) is 3.15. The quantitative estimate of drug-likeness (QED) is 0.914. The molecule has 1 fully saturated rings. The lowest BCUT2D eigenvalue weighted by atomic mass is 9.96. The maximum absolute atomic E-state index is 12.4. The Bertz CT molecular complexity index is 464. The van der Waals surface area contributed by atoms with Crippen LogP contribution < -0.4 is 5.32 Å². The highest BCUT2D eigenvalue weighted by Gasteiger charge is 2.24. The van der Waals surface area contributed by atoms with Crippen molar-refractivity contribution in [2.24, 2.45) is 0 Å². The second-order valence-electron chi connectivity index (χ2n) is 5.59. The van der Waals surface area contributed by atoms with Gasteiger partial charge in [0.1, 0.15) is 0 Å². The van der Waals surface area contributed by atoms with Gasteiger partial charge in [-0.2, -0.15) is 0 Å². The molecule has 0 bridgehead atoms. The molecule has 1 N–H and O–H groups in total. The summed E-state index contributed by atoms with van der Waals surface area (Å²) in [5, 5.41) is 3.28. The first kappa shape index (κ1) is 15.5. The first-order chi connectivity index (χ1) is 9.61.